The molecule has 4 nitrogen and oxygen atoms in total. The van der Waals surface area contributed by atoms with Crippen molar-refractivity contribution in [1.82, 2.24) is 15.1 Å². The van der Waals surface area contributed by atoms with Crippen molar-refractivity contribution in [3.8, 4) is 10.6 Å². The third-order valence-corrected chi connectivity index (χ3v) is 4.70. The zero-order valence-corrected chi connectivity index (χ0v) is 14.3. The number of hydrogen-bond donors (Lipinski definition) is 1. The molecule has 0 saturated carbocycles. The zero-order valence-electron chi connectivity index (χ0n) is 11.9. The van der Waals surface area contributed by atoms with Gasteiger partial charge in [0.2, 0.25) is 0 Å². The predicted molar refractivity (Wildman–Crippen MR) is 91.8 cm³/mol. The molecule has 112 valence electrons. The smallest absolute Gasteiger partial charge is 0.274 e. The Morgan fingerprint density at radius 3 is 2.77 bits per heavy atom. The van der Waals surface area contributed by atoms with Crippen LogP contribution in [0.5, 0.6) is 0 Å². The van der Waals surface area contributed by atoms with E-state index < -0.39 is 0 Å². The third kappa shape index (κ3) is 3.28. The molecular formula is C16H14BrN3OS. The summed E-state index contributed by atoms with van der Waals surface area (Å²) in [4.78, 5) is 15.2. The molecule has 22 heavy (non-hydrogen) atoms. The zero-order chi connectivity index (χ0) is 15.5. The van der Waals surface area contributed by atoms with Gasteiger partial charge in [-0.05, 0) is 35.2 Å². The minimum atomic E-state index is -0.0954. The van der Waals surface area contributed by atoms with Crippen molar-refractivity contribution in [2.45, 2.75) is 6.54 Å². The maximum absolute atomic E-state index is 12.4. The number of benzene rings is 1. The Labute approximate surface area is 140 Å². The highest BCUT2D eigenvalue weighted by Crippen LogP contribution is 2.23. The largest absolute Gasteiger partial charge is 0.336 e. The fourth-order valence-corrected chi connectivity index (χ4v) is 3.08. The van der Waals surface area contributed by atoms with Crippen LogP contribution in [0.4, 0.5) is 0 Å². The number of rotatable bonds is 4. The Hall–Kier alpha value is -1.92. The lowest BCUT2D eigenvalue weighted by molar-refractivity contribution is 0.0779. The minimum absolute atomic E-state index is 0.0954. The van der Waals surface area contributed by atoms with Crippen LogP contribution in [0.15, 0.2) is 52.3 Å². The fourth-order valence-electron chi connectivity index (χ4n) is 2.12. The Morgan fingerprint density at radius 2 is 2.09 bits per heavy atom. The van der Waals surface area contributed by atoms with Crippen molar-refractivity contribution >= 4 is 33.2 Å². The van der Waals surface area contributed by atoms with Crippen LogP contribution in [-0.2, 0) is 6.54 Å². The number of carbonyl (C=O) groups excluding carboxylic acids is 1. The summed E-state index contributed by atoms with van der Waals surface area (Å²) in [5.41, 5.74) is 2.38. The predicted octanol–water partition coefficient (Wildman–Crippen LogP) is 4.17. The van der Waals surface area contributed by atoms with E-state index in [-0.39, 0.29) is 5.91 Å². The van der Waals surface area contributed by atoms with E-state index >= 15 is 0 Å². The first-order valence-corrected chi connectivity index (χ1v) is 8.40. The first-order chi connectivity index (χ1) is 10.6. The number of H-pyrrole nitrogens is 1. The van der Waals surface area contributed by atoms with Crippen molar-refractivity contribution in [2.24, 2.45) is 0 Å². The maximum atomic E-state index is 12.4. The number of thiophene rings is 1. The second kappa shape index (κ2) is 6.46. The van der Waals surface area contributed by atoms with Crippen LogP contribution in [0.1, 0.15) is 16.1 Å². The molecular weight excluding hydrogens is 362 g/mol. The number of nitrogens with zero attached hydrogens (tertiary/aromatic N) is 2. The minimum Gasteiger partial charge on any atom is -0.336 e. The molecule has 0 unspecified atom stereocenters. The molecule has 0 spiro atoms. The second-order valence-electron chi connectivity index (χ2n) is 4.93. The number of halogens is 1. The Kier molecular flexibility index (Phi) is 4.40. The summed E-state index contributed by atoms with van der Waals surface area (Å²) in [5, 5.41) is 9.05. The van der Waals surface area contributed by atoms with Gasteiger partial charge < -0.3 is 4.90 Å². The Balaban J connectivity index is 1.72. The first-order valence-electron chi connectivity index (χ1n) is 6.72. The molecule has 0 bridgehead atoms. The number of hydrogen-bond acceptors (Lipinski definition) is 3. The molecule has 0 radical (unpaired) electrons. The van der Waals surface area contributed by atoms with E-state index in [4.69, 9.17) is 0 Å². The van der Waals surface area contributed by atoms with Crippen LogP contribution in [-0.4, -0.2) is 28.1 Å². The molecule has 1 aromatic carbocycles. The highest BCUT2D eigenvalue weighted by atomic mass is 79.9. The van der Waals surface area contributed by atoms with Crippen LogP contribution >= 0.6 is 27.3 Å². The number of aromatic amines is 1. The number of carbonyl (C=O) groups is 1. The number of amides is 1. The van der Waals surface area contributed by atoms with Gasteiger partial charge in [0, 0.05) is 18.1 Å². The maximum Gasteiger partial charge on any atom is 0.274 e. The summed E-state index contributed by atoms with van der Waals surface area (Å²) in [6.07, 6.45) is 0. The van der Waals surface area contributed by atoms with E-state index in [2.05, 4.69) is 26.1 Å². The normalized spacial score (nSPS) is 10.6. The average Bonchev–Trinajstić information content (AvgIpc) is 3.19. The molecule has 0 fully saturated rings. The first kappa shape index (κ1) is 15.0. The van der Waals surface area contributed by atoms with Crippen LogP contribution in [0, 0.1) is 0 Å². The van der Waals surface area contributed by atoms with Gasteiger partial charge in [-0.15, -0.1) is 11.3 Å². The number of nitrogens with one attached hydrogen (secondary N) is 1. The van der Waals surface area contributed by atoms with Crippen molar-refractivity contribution < 1.29 is 4.79 Å². The van der Waals surface area contributed by atoms with E-state index in [1.807, 2.05) is 41.8 Å². The summed E-state index contributed by atoms with van der Waals surface area (Å²) in [6.45, 7) is 0.549. The topological polar surface area (TPSA) is 49.0 Å². The average molecular weight is 376 g/mol. The van der Waals surface area contributed by atoms with Gasteiger partial charge in [0.05, 0.1) is 10.6 Å². The summed E-state index contributed by atoms with van der Waals surface area (Å²) in [5.74, 6) is -0.0954. The molecule has 0 aliphatic carbocycles. The molecule has 3 aromatic rings. The van der Waals surface area contributed by atoms with Gasteiger partial charge in [-0.2, -0.15) is 5.10 Å². The molecule has 3 rings (SSSR count). The molecule has 0 aliphatic heterocycles. The molecule has 0 atom stereocenters. The second-order valence-corrected chi connectivity index (χ2v) is 6.80. The molecule has 0 aliphatic rings. The summed E-state index contributed by atoms with van der Waals surface area (Å²) < 4.78 is 1.03. The van der Waals surface area contributed by atoms with E-state index in [9.17, 15) is 4.79 Å². The van der Waals surface area contributed by atoms with Gasteiger partial charge in [-0.25, -0.2) is 0 Å². The van der Waals surface area contributed by atoms with E-state index in [0.717, 1.165) is 20.6 Å². The lowest BCUT2D eigenvalue weighted by atomic mass is 10.2. The van der Waals surface area contributed by atoms with E-state index in [0.29, 0.717) is 12.2 Å². The van der Waals surface area contributed by atoms with E-state index in [1.165, 1.54) is 0 Å². The third-order valence-electron chi connectivity index (χ3n) is 3.26. The lowest BCUT2D eigenvalue weighted by Crippen LogP contribution is -2.26. The van der Waals surface area contributed by atoms with Gasteiger partial charge in [-0.3, -0.25) is 9.89 Å². The van der Waals surface area contributed by atoms with Crippen molar-refractivity contribution in [1.29, 1.82) is 0 Å². The van der Waals surface area contributed by atoms with Gasteiger partial charge >= 0.3 is 0 Å². The highest BCUT2D eigenvalue weighted by molar-refractivity contribution is 9.10. The Bertz CT molecular complexity index is 765. The van der Waals surface area contributed by atoms with Gasteiger partial charge in [0.15, 0.2) is 5.69 Å². The quantitative estimate of drug-likeness (QED) is 0.743. The Morgan fingerprint density at radius 1 is 1.32 bits per heavy atom. The van der Waals surface area contributed by atoms with Crippen LogP contribution < -0.4 is 0 Å². The number of aromatic nitrogens is 2. The molecule has 1 N–H and O–H groups in total. The monoisotopic (exact) mass is 375 g/mol. The molecule has 1 amide bonds. The summed E-state index contributed by atoms with van der Waals surface area (Å²) in [6, 6.07) is 13.7. The molecule has 2 aromatic heterocycles. The van der Waals surface area contributed by atoms with Gasteiger partial charge in [-0.1, -0.05) is 34.1 Å². The fraction of sp³-hybridized carbons (Fsp3) is 0.125. The highest BCUT2D eigenvalue weighted by Gasteiger charge is 2.16. The molecule has 0 saturated heterocycles. The van der Waals surface area contributed by atoms with Gasteiger partial charge in [0.1, 0.15) is 0 Å². The molecule has 6 heteroatoms. The molecule has 2 heterocycles. The summed E-state index contributed by atoms with van der Waals surface area (Å²) in [7, 11) is 1.78. The summed E-state index contributed by atoms with van der Waals surface area (Å²) >= 11 is 5.02. The van der Waals surface area contributed by atoms with Crippen LogP contribution in [0.25, 0.3) is 10.6 Å². The van der Waals surface area contributed by atoms with Gasteiger partial charge in [0.25, 0.3) is 5.91 Å². The van der Waals surface area contributed by atoms with Crippen LogP contribution in [0.2, 0.25) is 0 Å². The lowest BCUT2D eigenvalue weighted by Gasteiger charge is -2.15. The van der Waals surface area contributed by atoms with Crippen molar-refractivity contribution in [2.75, 3.05) is 7.05 Å². The van der Waals surface area contributed by atoms with E-state index in [1.54, 1.807) is 29.4 Å². The van der Waals surface area contributed by atoms with Crippen molar-refractivity contribution in [3.63, 3.8) is 0 Å². The standard InChI is InChI=1S/C16H14BrN3OS/c1-20(10-11-4-6-12(17)7-5-11)16(21)14-9-13(18-19-14)15-3-2-8-22-15/h2-9H,10H2,1H3,(H,18,19). The van der Waals surface area contributed by atoms with Crippen LogP contribution in [0.3, 0.4) is 0 Å². The van der Waals surface area contributed by atoms with Crippen molar-refractivity contribution in [3.05, 3.63) is 63.6 Å². The SMILES string of the molecule is CN(Cc1ccc(Br)cc1)C(=O)c1cc(-c2cccs2)[nH]n1.